The van der Waals surface area contributed by atoms with E-state index in [0.717, 1.165) is 17.0 Å². The molecule has 0 bridgehead atoms. The molecule has 0 fully saturated rings. The second-order valence-electron chi connectivity index (χ2n) is 5.92. The van der Waals surface area contributed by atoms with Gasteiger partial charge in [0.1, 0.15) is 0 Å². The summed E-state index contributed by atoms with van der Waals surface area (Å²) >= 11 is 0. The summed E-state index contributed by atoms with van der Waals surface area (Å²) in [6, 6.07) is 10.7. The molecule has 0 aliphatic carbocycles. The molecule has 0 atom stereocenters. The van der Waals surface area contributed by atoms with Crippen molar-refractivity contribution in [3.63, 3.8) is 0 Å². The topological polar surface area (TPSA) is 25.8 Å². The summed E-state index contributed by atoms with van der Waals surface area (Å²) in [5.74, 6) is 0.557. The van der Waals surface area contributed by atoms with Crippen molar-refractivity contribution >= 4 is 0 Å². The van der Waals surface area contributed by atoms with Crippen molar-refractivity contribution in [1.82, 2.24) is 10.2 Å². The zero-order chi connectivity index (χ0) is 15.2. The van der Waals surface area contributed by atoms with Crippen molar-refractivity contribution in [3.05, 3.63) is 47.2 Å². The van der Waals surface area contributed by atoms with Crippen LogP contribution in [-0.4, -0.2) is 10.2 Å². The SMILES string of the molecule is CCCC(CCC)c1ccc(-c2ccc(C)c(C)c2)nn1. The zero-order valence-corrected chi connectivity index (χ0v) is 13.7. The van der Waals surface area contributed by atoms with Gasteiger partial charge in [-0.15, -0.1) is 0 Å². The molecule has 0 saturated heterocycles. The molecular weight excluding hydrogens is 256 g/mol. The molecule has 112 valence electrons. The Bertz CT molecular complexity index is 567. The largest absolute Gasteiger partial charge is 0.155 e. The lowest BCUT2D eigenvalue weighted by molar-refractivity contribution is 0.542. The smallest absolute Gasteiger partial charge is 0.0929 e. The summed E-state index contributed by atoms with van der Waals surface area (Å²) in [6.45, 7) is 8.74. The van der Waals surface area contributed by atoms with Crippen molar-refractivity contribution in [2.45, 2.75) is 59.3 Å². The number of nitrogens with zero attached hydrogens (tertiary/aromatic N) is 2. The lowest BCUT2D eigenvalue weighted by Crippen LogP contribution is -2.03. The molecule has 1 heterocycles. The van der Waals surface area contributed by atoms with Crippen LogP contribution in [0.25, 0.3) is 11.3 Å². The van der Waals surface area contributed by atoms with Gasteiger partial charge in [-0.1, -0.05) is 38.8 Å². The van der Waals surface area contributed by atoms with Gasteiger partial charge in [-0.05, 0) is 56.0 Å². The number of hydrogen-bond acceptors (Lipinski definition) is 2. The van der Waals surface area contributed by atoms with E-state index in [9.17, 15) is 0 Å². The van der Waals surface area contributed by atoms with Crippen LogP contribution in [0.3, 0.4) is 0 Å². The third-order valence-electron chi connectivity index (χ3n) is 4.18. The molecule has 0 unspecified atom stereocenters. The maximum Gasteiger partial charge on any atom is 0.0929 e. The highest BCUT2D eigenvalue weighted by Gasteiger charge is 2.12. The lowest BCUT2D eigenvalue weighted by atomic mass is 9.94. The first kappa shape index (κ1) is 15.7. The fourth-order valence-electron chi connectivity index (χ4n) is 2.75. The number of rotatable bonds is 6. The molecule has 2 heteroatoms. The molecule has 2 aromatic rings. The van der Waals surface area contributed by atoms with Gasteiger partial charge in [0.2, 0.25) is 0 Å². The standard InChI is InChI=1S/C19H26N2/c1-5-7-16(8-6-2)18-11-12-19(21-20-18)17-10-9-14(3)15(4)13-17/h9-13,16H,5-8H2,1-4H3. The number of hydrogen-bond donors (Lipinski definition) is 0. The van der Waals surface area contributed by atoms with E-state index < -0.39 is 0 Å². The summed E-state index contributed by atoms with van der Waals surface area (Å²) in [4.78, 5) is 0. The first-order chi connectivity index (χ1) is 10.2. The van der Waals surface area contributed by atoms with E-state index >= 15 is 0 Å². The molecule has 1 aromatic carbocycles. The van der Waals surface area contributed by atoms with Crippen LogP contribution >= 0.6 is 0 Å². The Morgan fingerprint density at radius 2 is 1.57 bits per heavy atom. The van der Waals surface area contributed by atoms with Crippen LogP contribution in [-0.2, 0) is 0 Å². The molecule has 2 rings (SSSR count). The van der Waals surface area contributed by atoms with Crippen LogP contribution in [0.15, 0.2) is 30.3 Å². The molecule has 0 saturated carbocycles. The average molecular weight is 282 g/mol. The minimum Gasteiger partial charge on any atom is -0.155 e. The highest BCUT2D eigenvalue weighted by atomic mass is 15.1. The van der Waals surface area contributed by atoms with Crippen molar-refractivity contribution in [3.8, 4) is 11.3 Å². The van der Waals surface area contributed by atoms with Gasteiger partial charge < -0.3 is 0 Å². The van der Waals surface area contributed by atoms with Crippen molar-refractivity contribution < 1.29 is 0 Å². The van der Waals surface area contributed by atoms with Crippen molar-refractivity contribution in [1.29, 1.82) is 0 Å². The van der Waals surface area contributed by atoms with E-state index in [1.54, 1.807) is 0 Å². The van der Waals surface area contributed by atoms with E-state index in [4.69, 9.17) is 0 Å². The Balaban J connectivity index is 2.22. The Hall–Kier alpha value is -1.70. The molecule has 0 amide bonds. The first-order valence-electron chi connectivity index (χ1n) is 8.07. The summed E-state index contributed by atoms with van der Waals surface area (Å²) < 4.78 is 0. The lowest BCUT2D eigenvalue weighted by Gasteiger charge is -2.14. The normalized spacial score (nSPS) is 11.1. The minimum absolute atomic E-state index is 0.557. The average Bonchev–Trinajstić information content (AvgIpc) is 2.50. The monoisotopic (exact) mass is 282 g/mol. The van der Waals surface area contributed by atoms with Crippen LogP contribution in [0.1, 0.15) is 62.3 Å². The van der Waals surface area contributed by atoms with Crippen LogP contribution in [0.2, 0.25) is 0 Å². The third-order valence-corrected chi connectivity index (χ3v) is 4.18. The number of benzene rings is 1. The van der Waals surface area contributed by atoms with Gasteiger partial charge in [-0.3, -0.25) is 0 Å². The fraction of sp³-hybridized carbons (Fsp3) is 0.474. The van der Waals surface area contributed by atoms with Crippen LogP contribution in [0.4, 0.5) is 0 Å². The van der Waals surface area contributed by atoms with Gasteiger partial charge in [0.15, 0.2) is 0 Å². The quantitative estimate of drug-likeness (QED) is 0.704. The summed E-state index contributed by atoms with van der Waals surface area (Å²) in [5.41, 5.74) is 5.88. The Morgan fingerprint density at radius 1 is 0.857 bits per heavy atom. The van der Waals surface area contributed by atoms with E-state index in [1.807, 2.05) is 0 Å². The third kappa shape index (κ3) is 3.90. The highest BCUT2D eigenvalue weighted by molar-refractivity contribution is 5.60. The van der Waals surface area contributed by atoms with Crippen LogP contribution in [0, 0.1) is 13.8 Å². The second-order valence-corrected chi connectivity index (χ2v) is 5.92. The molecule has 2 nitrogen and oxygen atoms in total. The Morgan fingerprint density at radius 3 is 2.10 bits per heavy atom. The zero-order valence-electron chi connectivity index (χ0n) is 13.7. The molecule has 0 aliphatic rings. The van der Waals surface area contributed by atoms with E-state index in [0.29, 0.717) is 5.92 Å². The minimum atomic E-state index is 0.557. The van der Waals surface area contributed by atoms with Gasteiger partial charge in [-0.2, -0.15) is 10.2 Å². The molecule has 21 heavy (non-hydrogen) atoms. The van der Waals surface area contributed by atoms with Crippen molar-refractivity contribution in [2.24, 2.45) is 0 Å². The first-order valence-corrected chi connectivity index (χ1v) is 8.07. The van der Waals surface area contributed by atoms with Gasteiger partial charge in [-0.25, -0.2) is 0 Å². The van der Waals surface area contributed by atoms with Gasteiger partial charge in [0.05, 0.1) is 11.4 Å². The molecule has 0 N–H and O–H groups in total. The summed E-state index contributed by atoms with van der Waals surface area (Å²) in [6.07, 6.45) is 4.80. The highest BCUT2D eigenvalue weighted by Crippen LogP contribution is 2.26. The maximum absolute atomic E-state index is 4.49. The maximum atomic E-state index is 4.49. The van der Waals surface area contributed by atoms with Gasteiger partial charge in [0.25, 0.3) is 0 Å². The second kappa shape index (κ2) is 7.35. The van der Waals surface area contributed by atoms with Gasteiger partial charge in [0, 0.05) is 11.5 Å². The van der Waals surface area contributed by atoms with Crippen LogP contribution in [0.5, 0.6) is 0 Å². The van der Waals surface area contributed by atoms with E-state index in [-0.39, 0.29) is 0 Å². The summed E-state index contributed by atoms with van der Waals surface area (Å²) in [5, 5.41) is 8.95. The summed E-state index contributed by atoms with van der Waals surface area (Å²) in [7, 11) is 0. The predicted octanol–water partition coefficient (Wildman–Crippen LogP) is 5.44. The van der Waals surface area contributed by atoms with Gasteiger partial charge >= 0.3 is 0 Å². The molecule has 0 aliphatic heterocycles. The predicted molar refractivity (Wildman–Crippen MR) is 89.5 cm³/mol. The Labute approximate surface area is 128 Å². The van der Waals surface area contributed by atoms with E-state index in [2.05, 4.69) is 68.2 Å². The molecule has 1 aromatic heterocycles. The molecular formula is C19H26N2. The number of aryl methyl sites for hydroxylation is 2. The Kier molecular flexibility index (Phi) is 5.49. The molecule has 0 radical (unpaired) electrons. The van der Waals surface area contributed by atoms with E-state index in [1.165, 1.54) is 36.8 Å². The van der Waals surface area contributed by atoms with Crippen LogP contribution < -0.4 is 0 Å². The number of aromatic nitrogens is 2. The van der Waals surface area contributed by atoms with Crippen molar-refractivity contribution in [2.75, 3.05) is 0 Å². The molecule has 0 spiro atoms. The fourth-order valence-corrected chi connectivity index (χ4v) is 2.75.